The maximum Gasteiger partial charge on any atom is 0.257 e. The van der Waals surface area contributed by atoms with Crippen LogP contribution in [0.5, 0.6) is 0 Å². The molecule has 0 heterocycles. The minimum absolute atomic E-state index is 0.130. The van der Waals surface area contributed by atoms with Crippen LogP contribution in [0.4, 0.5) is 5.69 Å². The molecule has 0 amide bonds. The maximum atomic E-state index is 12.3. The van der Waals surface area contributed by atoms with Crippen LogP contribution >= 0.6 is 22.6 Å². The third-order valence-electron chi connectivity index (χ3n) is 3.17. The van der Waals surface area contributed by atoms with Crippen LogP contribution in [-0.4, -0.2) is 0 Å². The second-order valence-corrected chi connectivity index (χ2v) is 5.86. The lowest BCUT2D eigenvalue weighted by Crippen LogP contribution is -2.48. The first-order valence-corrected chi connectivity index (χ1v) is 7.48. The predicted octanol–water partition coefficient (Wildman–Crippen LogP) is 1.33. The van der Waals surface area contributed by atoms with E-state index in [1.54, 1.807) is 24.3 Å². The molecule has 5 nitrogen and oxygen atoms in total. The van der Waals surface area contributed by atoms with Crippen molar-refractivity contribution in [2.24, 2.45) is 5.10 Å². The van der Waals surface area contributed by atoms with E-state index in [4.69, 9.17) is 0 Å². The van der Waals surface area contributed by atoms with Crippen LogP contribution in [0.1, 0.15) is 0 Å². The third kappa shape index (κ3) is 2.57. The van der Waals surface area contributed by atoms with E-state index in [1.165, 1.54) is 12.1 Å². The van der Waals surface area contributed by atoms with E-state index in [1.807, 2.05) is 12.1 Å². The Bertz CT molecular complexity index is 1080. The highest BCUT2D eigenvalue weighted by Gasteiger charge is 2.10. The Morgan fingerprint density at radius 1 is 0.818 bits per heavy atom. The van der Waals surface area contributed by atoms with Gasteiger partial charge in [-0.3, -0.25) is 19.8 Å². The molecule has 0 radical (unpaired) electrons. The molecular weight excluding hydrogens is 395 g/mol. The van der Waals surface area contributed by atoms with E-state index in [-0.39, 0.29) is 16.1 Å². The molecule has 108 valence electrons. The van der Waals surface area contributed by atoms with Gasteiger partial charge in [-0.1, -0.05) is 30.3 Å². The Morgan fingerprint density at radius 2 is 1.50 bits per heavy atom. The number of benzene rings is 3. The molecule has 0 aromatic heterocycles. The van der Waals surface area contributed by atoms with Crippen molar-refractivity contribution in [1.82, 2.24) is 0 Å². The van der Waals surface area contributed by atoms with Crippen LogP contribution in [0.15, 0.2) is 68.0 Å². The molecule has 0 saturated carbocycles. The Labute approximate surface area is 137 Å². The van der Waals surface area contributed by atoms with Gasteiger partial charge in [0.15, 0.2) is 5.36 Å². The van der Waals surface area contributed by atoms with Gasteiger partial charge >= 0.3 is 0 Å². The molecule has 22 heavy (non-hydrogen) atoms. The second-order valence-electron chi connectivity index (χ2n) is 4.62. The van der Waals surface area contributed by atoms with Crippen LogP contribution in [0, 0.1) is 3.57 Å². The normalized spacial score (nSPS) is 11.8. The molecule has 6 heteroatoms. The summed E-state index contributed by atoms with van der Waals surface area (Å²) in [7, 11) is 0. The van der Waals surface area contributed by atoms with Crippen molar-refractivity contribution < 1.29 is 0 Å². The fraction of sp³-hybridized carbons (Fsp3) is 0. The van der Waals surface area contributed by atoms with E-state index in [9.17, 15) is 14.4 Å². The maximum absolute atomic E-state index is 12.3. The Hall–Kier alpha value is -2.35. The van der Waals surface area contributed by atoms with Crippen LogP contribution in [-0.2, 0) is 0 Å². The van der Waals surface area contributed by atoms with Gasteiger partial charge in [-0.15, -0.1) is 0 Å². The standard InChI is InChI=1S/C16H9IN2O3/c17-9-4-3-5-10(8-9)18-19-13-14(20)11-6-1-2-7-12(11)15(21)16(13)22/h1-8,18H/b19-13-. The molecule has 0 aliphatic carbocycles. The van der Waals surface area contributed by atoms with Gasteiger partial charge in [-0.2, -0.15) is 5.10 Å². The Kier molecular flexibility index (Phi) is 3.84. The number of rotatable bonds is 2. The number of halogens is 1. The molecule has 0 unspecified atom stereocenters. The van der Waals surface area contributed by atoms with Gasteiger partial charge < -0.3 is 0 Å². The summed E-state index contributed by atoms with van der Waals surface area (Å²) in [6.45, 7) is 0. The third-order valence-corrected chi connectivity index (χ3v) is 3.85. The summed E-state index contributed by atoms with van der Waals surface area (Å²) >= 11 is 2.13. The summed E-state index contributed by atoms with van der Waals surface area (Å²) in [5.41, 5.74) is 1.15. The first-order chi connectivity index (χ1) is 10.6. The monoisotopic (exact) mass is 404 g/mol. The summed E-state index contributed by atoms with van der Waals surface area (Å²) in [6.07, 6.45) is 0. The summed E-state index contributed by atoms with van der Waals surface area (Å²) in [5, 5.41) is 3.80. The molecule has 0 atom stereocenters. The fourth-order valence-electron chi connectivity index (χ4n) is 2.12. The molecule has 3 aromatic rings. The molecule has 3 rings (SSSR count). The zero-order chi connectivity index (χ0) is 15.7. The molecule has 0 bridgehead atoms. The molecule has 3 aromatic carbocycles. The van der Waals surface area contributed by atoms with Gasteiger partial charge in [0, 0.05) is 14.3 Å². The van der Waals surface area contributed by atoms with E-state index in [0.29, 0.717) is 5.69 Å². The van der Waals surface area contributed by atoms with Crippen molar-refractivity contribution >= 4 is 39.1 Å². The van der Waals surface area contributed by atoms with Crippen molar-refractivity contribution in [1.29, 1.82) is 0 Å². The molecule has 1 N–H and O–H groups in total. The molecule has 0 aliphatic rings. The average Bonchev–Trinajstić information content (AvgIpc) is 2.53. The van der Waals surface area contributed by atoms with Gasteiger partial charge in [-0.25, -0.2) is 0 Å². The van der Waals surface area contributed by atoms with Crippen LogP contribution < -0.4 is 27.1 Å². The molecule has 0 aliphatic heterocycles. The minimum Gasteiger partial charge on any atom is -0.287 e. The van der Waals surface area contributed by atoms with Crippen molar-refractivity contribution in [3.05, 3.63) is 88.1 Å². The summed E-state index contributed by atoms with van der Waals surface area (Å²) in [6, 6.07) is 13.5. The summed E-state index contributed by atoms with van der Waals surface area (Å²) in [5.74, 6) is 0. The predicted molar refractivity (Wildman–Crippen MR) is 93.5 cm³/mol. The number of hydrogen-bond acceptors (Lipinski definition) is 5. The quantitative estimate of drug-likeness (QED) is 0.397. The lowest BCUT2D eigenvalue weighted by molar-refractivity contribution is 1.17. The van der Waals surface area contributed by atoms with Crippen molar-refractivity contribution in [3.63, 3.8) is 0 Å². The highest BCUT2D eigenvalue weighted by atomic mass is 127. The number of nitrogens with zero attached hydrogens (tertiary/aromatic N) is 1. The topological polar surface area (TPSA) is 75.6 Å². The van der Waals surface area contributed by atoms with E-state index < -0.39 is 16.3 Å². The van der Waals surface area contributed by atoms with Gasteiger partial charge in [-0.05, 0) is 40.8 Å². The van der Waals surface area contributed by atoms with Gasteiger partial charge in [0.2, 0.25) is 10.9 Å². The van der Waals surface area contributed by atoms with E-state index in [2.05, 4.69) is 33.1 Å². The zero-order valence-electron chi connectivity index (χ0n) is 11.2. The number of anilines is 1. The highest BCUT2D eigenvalue weighted by Crippen LogP contribution is 2.11. The first-order valence-electron chi connectivity index (χ1n) is 6.40. The van der Waals surface area contributed by atoms with Crippen molar-refractivity contribution in [2.75, 3.05) is 5.43 Å². The van der Waals surface area contributed by atoms with Crippen molar-refractivity contribution in [3.8, 4) is 0 Å². The smallest absolute Gasteiger partial charge is 0.257 e. The highest BCUT2D eigenvalue weighted by molar-refractivity contribution is 14.1. The van der Waals surface area contributed by atoms with Gasteiger partial charge in [0.05, 0.1) is 5.69 Å². The summed E-state index contributed by atoms with van der Waals surface area (Å²) < 4.78 is 0.977. The zero-order valence-corrected chi connectivity index (χ0v) is 13.3. The number of hydrogen-bond donors (Lipinski definition) is 1. The fourth-order valence-corrected chi connectivity index (χ4v) is 2.66. The lowest BCUT2D eigenvalue weighted by atomic mass is 10.1. The lowest BCUT2D eigenvalue weighted by Gasteiger charge is -2.00. The Morgan fingerprint density at radius 3 is 2.18 bits per heavy atom. The molecule has 0 spiro atoms. The largest absolute Gasteiger partial charge is 0.287 e. The SMILES string of the molecule is O=c1c(=O)c2ccccc2c(=O)/c1=N/Nc1cccc(I)c1. The summed E-state index contributed by atoms with van der Waals surface area (Å²) in [4.78, 5) is 36.4. The molecular formula is C16H9IN2O3. The van der Waals surface area contributed by atoms with Gasteiger partial charge in [0.1, 0.15) is 0 Å². The number of fused-ring (bicyclic) bond motifs is 1. The average molecular weight is 404 g/mol. The first kappa shape index (κ1) is 14.6. The number of nitrogens with one attached hydrogen (secondary N) is 1. The Balaban J connectivity index is 2.23. The second kappa shape index (κ2) is 5.80. The van der Waals surface area contributed by atoms with E-state index in [0.717, 1.165) is 3.57 Å². The van der Waals surface area contributed by atoms with Crippen LogP contribution in [0.25, 0.3) is 10.8 Å². The van der Waals surface area contributed by atoms with Gasteiger partial charge in [0.25, 0.3) is 5.43 Å². The van der Waals surface area contributed by atoms with Crippen LogP contribution in [0.2, 0.25) is 0 Å². The van der Waals surface area contributed by atoms with E-state index >= 15 is 0 Å². The minimum atomic E-state index is -0.887. The van der Waals surface area contributed by atoms with Crippen LogP contribution in [0.3, 0.4) is 0 Å². The van der Waals surface area contributed by atoms with Crippen molar-refractivity contribution in [2.45, 2.75) is 0 Å². The molecule has 0 fully saturated rings. The molecule has 0 saturated heterocycles.